The lowest BCUT2D eigenvalue weighted by molar-refractivity contribution is -0.135. The Morgan fingerprint density at radius 2 is 2.04 bits per heavy atom. The first kappa shape index (κ1) is 23.8. The van der Waals surface area contributed by atoms with Gasteiger partial charge in [0.1, 0.15) is 5.75 Å². The van der Waals surface area contributed by atoms with Crippen LogP contribution >= 0.6 is 35.6 Å². The number of halogens is 2. The second kappa shape index (κ2) is 11.6. The first-order chi connectivity index (χ1) is 12.4. The fraction of sp³-hybridized carbons (Fsp3) is 0.579. The van der Waals surface area contributed by atoms with Crippen LogP contribution < -0.4 is 15.4 Å². The van der Waals surface area contributed by atoms with Crippen LogP contribution in [0.1, 0.15) is 32.3 Å². The second-order valence-electron chi connectivity index (χ2n) is 6.78. The summed E-state index contributed by atoms with van der Waals surface area (Å²) < 4.78 is 5.37. The van der Waals surface area contributed by atoms with E-state index in [4.69, 9.17) is 16.3 Å². The Bertz CT molecular complexity index is 647. The van der Waals surface area contributed by atoms with Gasteiger partial charge >= 0.3 is 0 Å². The van der Waals surface area contributed by atoms with E-state index in [-0.39, 0.29) is 35.8 Å². The molecule has 1 amide bonds. The number of hydrogen-bond donors (Lipinski definition) is 2. The van der Waals surface area contributed by atoms with Gasteiger partial charge in [-0.05, 0) is 25.0 Å². The summed E-state index contributed by atoms with van der Waals surface area (Å²) in [6.45, 7) is 6.06. The quantitative estimate of drug-likeness (QED) is 0.364. The first-order valence-corrected chi connectivity index (χ1v) is 9.40. The number of hydrogen-bond acceptors (Lipinski definition) is 3. The van der Waals surface area contributed by atoms with Crippen molar-refractivity contribution in [2.24, 2.45) is 10.9 Å². The Kier molecular flexibility index (Phi) is 10.2. The molecule has 0 aromatic heterocycles. The fourth-order valence-corrected chi connectivity index (χ4v) is 3.20. The van der Waals surface area contributed by atoms with Crippen molar-refractivity contribution < 1.29 is 9.53 Å². The standard InChI is InChI=1S/C19H29ClN4O2.HI/c1-13(2)18(25)24-9-7-16(8-10-24)23-19(21-3)22-12-14-5-6-15(20)11-17(14)26-4;/h5-6,11,13,16H,7-10,12H2,1-4H3,(H2,21,22,23);1H. The Morgan fingerprint density at radius 1 is 1.37 bits per heavy atom. The summed E-state index contributed by atoms with van der Waals surface area (Å²) in [7, 11) is 3.39. The molecule has 0 radical (unpaired) electrons. The number of benzene rings is 1. The number of carbonyl (C=O) groups excluding carboxylic acids is 1. The van der Waals surface area contributed by atoms with Crippen LogP contribution in [-0.4, -0.2) is 50.1 Å². The predicted octanol–water partition coefficient (Wildman–Crippen LogP) is 3.28. The summed E-state index contributed by atoms with van der Waals surface area (Å²) >= 11 is 6.00. The third-order valence-electron chi connectivity index (χ3n) is 4.56. The molecule has 0 atom stereocenters. The van der Waals surface area contributed by atoms with E-state index in [0.717, 1.165) is 43.2 Å². The minimum Gasteiger partial charge on any atom is -0.496 e. The molecular weight excluding hydrogens is 479 g/mol. The van der Waals surface area contributed by atoms with Gasteiger partial charge in [-0.25, -0.2) is 0 Å². The maximum absolute atomic E-state index is 12.1. The molecule has 1 saturated heterocycles. The fourth-order valence-electron chi connectivity index (χ4n) is 3.04. The zero-order valence-electron chi connectivity index (χ0n) is 16.4. The number of nitrogens with one attached hydrogen (secondary N) is 2. The van der Waals surface area contributed by atoms with E-state index < -0.39 is 0 Å². The second-order valence-corrected chi connectivity index (χ2v) is 7.22. The van der Waals surface area contributed by atoms with Crippen molar-refractivity contribution in [1.29, 1.82) is 0 Å². The molecule has 2 rings (SSSR count). The number of ether oxygens (including phenoxy) is 1. The van der Waals surface area contributed by atoms with Crippen LogP contribution in [0.5, 0.6) is 5.75 Å². The van der Waals surface area contributed by atoms with Gasteiger partial charge in [0.25, 0.3) is 0 Å². The highest BCUT2D eigenvalue weighted by molar-refractivity contribution is 14.0. The molecule has 0 saturated carbocycles. The summed E-state index contributed by atoms with van der Waals surface area (Å²) in [5, 5.41) is 7.41. The van der Waals surface area contributed by atoms with E-state index in [0.29, 0.717) is 17.6 Å². The molecule has 8 heteroatoms. The molecule has 1 aromatic carbocycles. The predicted molar refractivity (Wildman–Crippen MR) is 121 cm³/mol. The van der Waals surface area contributed by atoms with Gasteiger partial charge in [0.05, 0.1) is 7.11 Å². The lowest BCUT2D eigenvalue weighted by atomic mass is 10.0. The molecule has 0 aliphatic carbocycles. The van der Waals surface area contributed by atoms with E-state index >= 15 is 0 Å². The Hall–Kier alpha value is -1.22. The molecule has 2 N–H and O–H groups in total. The van der Waals surface area contributed by atoms with Crippen LogP contribution in [0.2, 0.25) is 5.02 Å². The minimum absolute atomic E-state index is 0. The lowest BCUT2D eigenvalue weighted by Crippen LogP contribution is -2.50. The van der Waals surface area contributed by atoms with Gasteiger partial charge in [0, 0.05) is 49.2 Å². The zero-order chi connectivity index (χ0) is 19.1. The van der Waals surface area contributed by atoms with Crippen LogP contribution in [0.15, 0.2) is 23.2 Å². The molecule has 1 aliphatic rings. The molecule has 0 unspecified atom stereocenters. The minimum atomic E-state index is 0. The van der Waals surface area contributed by atoms with Crippen molar-refractivity contribution in [3.05, 3.63) is 28.8 Å². The molecule has 1 fully saturated rings. The van der Waals surface area contributed by atoms with Crippen molar-refractivity contribution in [2.75, 3.05) is 27.2 Å². The zero-order valence-corrected chi connectivity index (χ0v) is 19.5. The number of rotatable bonds is 5. The van der Waals surface area contributed by atoms with Crippen LogP contribution in [-0.2, 0) is 11.3 Å². The van der Waals surface area contributed by atoms with Gasteiger partial charge in [0.2, 0.25) is 5.91 Å². The van der Waals surface area contributed by atoms with Gasteiger partial charge < -0.3 is 20.3 Å². The summed E-state index contributed by atoms with van der Waals surface area (Å²) in [6.07, 6.45) is 1.84. The average molecular weight is 509 g/mol. The van der Waals surface area contributed by atoms with E-state index in [1.165, 1.54) is 0 Å². The maximum atomic E-state index is 12.1. The number of nitrogens with zero attached hydrogens (tertiary/aromatic N) is 2. The van der Waals surface area contributed by atoms with Crippen molar-refractivity contribution in [2.45, 2.75) is 39.3 Å². The molecule has 1 heterocycles. The van der Waals surface area contributed by atoms with E-state index in [9.17, 15) is 4.79 Å². The number of carbonyl (C=O) groups is 1. The highest BCUT2D eigenvalue weighted by Gasteiger charge is 2.24. The number of likely N-dealkylation sites (tertiary alicyclic amines) is 1. The topological polar surface area (TPSA) is 66.0 Å². The average Bonchev–Trinajstić information content (AvgIpc) is 2.65. The molecule has 1 aromatic rings. The monoisotopic (exact) mass is 508 g/mol. The highest BCUT2D eigenvalue weighted by atomic mass is 127. The number of guanidine groups is 1. The van der Waals surface area contributed by atoms with E-state index in [1.54, 1.807) is 20.2 Å². The molecule has 0 spiro atoms. The highest BCUT2D eigenvalue weighted by Crippen LogP contribution is 2.22. The smallest absolute Gasteiger partial charge is 0.225 e. The normalized spacial score (nSPS) is 15.3. The molecular formula is C19H30ClIN4O2. The van der Waals surface area contributed by atoms with Crippen molar-refractivity contribution in [3.8, 4) is 5.75 Å². The van der Waals surface area contributed by atoms with Crippen molar-refractivity contribution in [1.82, 2.24) is 15.5 Å². The number of methoxy groups -OCH3 is 1. The maximum Gasteiger partial charge on any atom is 0.225 e. The Morgan fingerprint density at radius 3 is 2.59 bits per heavy atom. The molecule has 152 valence electrons. The summed E-state index contributed by atoms with van der Waals surface area (Å²) in [5.74, 6) is 1.79. The Labute approximate surface area is 184 Å². The lowest BCUT2D eigenvalue weighted by Gasteiger charge is -2.34. The van der Waals surface area contributed by atoms with Crippen molar-refractivity contribution in [3.63, 3.8) is 0 Å². The summed E-state index contributed by atoms with van der Waals surface area (Å²) in [4.78, 5) is 18.3. The van der Waals surface area contributed by atoms with Crippen molar-refractivity contribution >= 4 is 47.4 Å². The van der Waals surface area contributed by atoms with Gasteiger partial charge in [-0.3, -0.25) is 9.79 Å². The van der Waals surface area contributed by atoms with E-state index in [1.807, 2.05) is 30.9 Å². The van der Waals surface area contributed by atoms with Crippen LogP contribution in [0.3, 0.4) is 0 Å². The molecule has 27 heavy (non-hydrogen) atoms. The summed E-state index contributed by atoms with van der Waals surface area (Å²) in [5.41, 5.74) is 1.01. The SMILES string of the molecule is CN=C(NCc1ccc(Cl)cc1OC)NC1CCN(C(=O)C(C)C)CC1.I. The molecule has 1 aliphatic heterocycles. The first-order valence-electron chi connectivity index (χ1n) is 9.03. The van der Waals surface area contributed by atoms with Gasteiger partial charge in [0.15, 0.2) is 5.96 Å². The third kappa shape index (κ3) is 7.03. The molecule has 0 bridgehead atoms. The van der Waals surface area contributed by atoms with Gasteiger partial charge in [-0.2, -0.15) is 0 Å². The van der Waals surface area contributed by atoms with Crippen LogP contribution in [0.4, 0.5) is 0 Å². The third-order valence-corrected chi connectivity index (χ3v) is 4.80. The Balaban J connectivity index is 0.00000364. The number of piperidine rings is 1. The van der Waals surface area contributed by atoms with Gasteiger partial charge in [-0.15, -0.1) is 24.0 Å². The van der Waals surface area contributed by atoms with Gasteiger partial charge in [-0.1, -0.05) is 31.5 Å². The molecule has 6 nitrogen and oxygen atoms in total. The van der Waals surface area contributed by atoms with Crippen LogP contribution in [0, 0.1) is 5.92 Å². The van der Waals surface area contributed by atoms with Crippen LogP contribution in [0.25, 0.3) is 0 Å². The number of aliphatic imine (C=N–C) groups is 1. The number of amides is 1. The largest absolute Gasteiger partial charge is 0.496 e. The van der Waals surface area contributed by atoms with E-state index in [2.05, 4.69) is 15.6 Å². The summed E-state index contributed by atoms with van der Waals surface area (Å²) in [6, 6.07) is 5.90.